The molecule has 14 nitrogen and oxygen atoms in total. The minimum absolute atomic E-state index is 0. The summed E-state index contributed by atoms with van der Waals surface area (Å²) in [6, 6.07) is 0. The van der Waals surface area contributed by atoms with Gasteiger partial charge in [-0.25, -0.2) is 9.97 Å². The third kappa shape index (κ3) is 9.37. The van der Waals surface area contributed by atoms with Crippen LogP contribution in [0.5, 0.6) is 0 Å². The number of carbonyl (C=O) groups is 2. The quantitative estimate of drug-likeness (QED) is 0.276. The second kappa shape index (κ2) is 16.5. The van der Waals surface area contributed by atoms with Gasteiger partial charge in [0.1, 0.15) is 23.0 Å². The number of carboxylic acid groups (broad SMARTS) is 2. The number of hydrogen-bond donors (Lipinski definition) is 0. The van der Waals surface area contributed by atoms with Crippen LogP contribution in [0.15, 0.2) is 24.8 Å². The number of hydrogen-bond acceptors (Lipinski definition) is 14. The zero-order valence-corrected chi connectivity index (χ0v) is 24.4. The number of aromatic nitrogens is 4. The summed E-state index contributed by atoms with van der Waals surface area (Å²) in [5, 5.41) is 21.6. The van der Waals surface area contributed by atoms with Crippen molar-refractivity contribution in [3.63, 3.8) is 0 Å². The number of piperazine rings is 2. The summed E-state index contributed by atoms with van der Waals surface area (Å²) in [4.78, 5) is 46.5. The molecule has 4 aliphatic heterocycles. The Morgan fingerprint density at radius 1 is 0.643 bits per heavy atom. The first-order valence-corrected chi connectivity index (χ1v) is 13.6. The summed E-state index contributed by atoms with van der Waals surface area (Å²) in [5.74, 6) is -0.0203. The normalized spacial score (nSPS) is 19.7. The molecule has 0 aliphatic carbocycles. The van der Waals surface area contributed by atoms with Gasteiger partial charge in [0.05, 0.1) is 63.2 Å². The molecule has 4 saturated heterocycles. The van der Waals surface area contributed by atoms with Gasteiger partial charge in [0.25, 0.3) is 0 Å². The van der Waals surface area contributed by atoms with Crippen LogP contribution in [0.3, 0.4) is 0 Å². The SMILES string of the molecule is O=C([O-])c1cncc(N2CCN(CC3COC3)CC2)n1.O=C([O-])c1cncc(N2CCN(CC3COC3)CC2)n1.[Li+].[Li+]. The minimum atomic E-state index is -1.29. The molecule has 0 amide bonds. The molecule has 4 aliphatic rings. The maximum Gasteiger partial charge on any atom is 1.00 e. The van der Waals surface area contributed by atoms with Gasteiger partial charge in [-0.1, -0.05) is 0 Å². The van der Waals surface area contributed by atoms with Crippen LogP contribution in [0.4, 0.5) is 11.6 Å². The van der Waals surface area contributed by atoms with E-state index in [1.54, 1.807) is 12.4 Å². The van der Waals surface area contributed by atoms with E-state index in [0.717, 1.165) is 91.9 Å². The van der Waals surface area contributed by atoms with E-state index in [4.69, 9.17) is 9.47 Å². The molecule has 0 N–H and O–H groups in total. The number of ether oxygens (including phenoxy) is 2. The maximum atomic E-state index is 10.8. The van der Waals surface area contributed by atoms with Crippen molar-refractivity contribution in [1.29, 1.82) is 0 Å². The molecule has 0 saturated carbocycles. The molecule has 2 aromatic heterocycles. The number of anilines is 2. The molecule has 4 fully saturated rings. The van der Waals surface area contributed by atoms with Crippen LogP contribution < -0.4 is 57.7 Å². The Hall–Kier alpha value is -2.27. The zero-order chi connectivity index (χ0) is 27.9. The van der Waals surface area contributed by atoms with Crippen molar-refractivity contribution in [2.24, 2.45) is 11.8 Å². The largest absolute Gasteiger partial charge is 1.00 e. The van der Waals surface area contributed by atoms with Gasteiger partial charge in [0, 0.05) is 77.3 Å². The maximum absolute atomic E-state index is 10.8. The van der Waals surface area contributed by atoms with Crippen molar-refractivity contribution in [3.8, 4) is 0 Å². The first kappa shape index (κ1) is 34.2. The Bertz CT molecular complexity index is 1070. The van der Waals surface area contributed by atoms with Gasteiger partial charge in [-0.15, -0.1) is 0 Å². The van der Waals surface area contributed by atoms with E-state index < -0.39 is 11.9 Å². The van der Waals surface area contributed by atoms with E-state index in [2.05, 4.69) is 39.5 Å². The van der Waals surface area contributed by atoms with Crippen LogP contribution in [0.1, 0.15) is 21.0 Å². The summed E-state index contributed by atoms with van der Waals surface area (Å²) < 4.78 is 10.4. The molecule has 0 aromatic carbocycles. The Kier molecular flexibility index (Phi) is 13.5. The Labute approximate surface area is 269 Å². The van der Waals surface area contributed by atoms with E-state index in [1.807, 2.05) is 0 Å². The Balaban J connectivity index is 0.000000220. The van der Waals surface area contributed by atoms with E-state index in [1.165, 1.54) is 12.4 Å². The summed E-state index contributed by atoms with van der Waals surface area (Å²) in [7, 11) is 0. The molecule has 6 heterocycles. The van der Waals surface area contributed by atoms with Crippen molar-refractivity contribution in [3.05, 3.63) is 36.2 Å². The zero-order valence-electron chi connectivity index (χ0n) is 24.4. The fourth-order valence-electron chi connectivity index (χ4n) is 5.04. The van der Waals surface area contributed by atoms with Crippen molar-refractivity contribution in [1.82, 2.24) is 29.7 Å². The second-order valence-corrected chi connectivity index (χ2v) is 10.5. The van der Waals surface area contributed by atoms with Gasteiger partial charge in [-0.05, 0) is 0 Å². The molecule has 0 spiro atoms. The summed E-state index contributed by atoms with van der Waals surface area (Å²) in [5.41, 5.74) is -0.229. The fraction of sp³-hybridized carbons (Fsp3) is 0.615. The van der Waals surface area contributed by atoms with E-state index in [0.29, 0.717) is 23.5 Å². The van der Waals surface area contributed by atoms with Gasteiger partial charge in [-0.3, -0.25) is 19.8 Å². The third-order valence-corrected chi connectivity index (χ3v) is 7.50. The topological polar surface area (TPSA) is 163 Å². The predicted molar refractivity (Wildman–Crippen MR) is 139 cm³/mol. The molecular weight excluding hydrogens is 534 g/mol. The average Bonchev–Trinajstić information content (AvgIpc) is 2.94. The van der Waals surface area contributed by atoms with Crippen LogP contribution in [0.2, 0.25) is 0 Å². The van der Waals surface area contributed by atoms with Crippen LogP contribution >= 0.6 is 0 Å². The smallest absolute Gasteiger partial charge is 0.543 e. The number of aromatic carboxylic acids is 2. The molecule has 42 heavy (non-hydrogen) atoms. The summed E-state index contributed by atoms with van der Waals surface area (Å²) in [6.45, 7) is 12.8. The van der Waals surface area contributed by atoms with Crippen molar-refractivity contribution in [2.75, 3.05) is 102 Å². The Morgan fingerprint density at radius 2 is 1.00 bits per heavy atom. The third-order valence-electron chi connectivity index (χ3n) is 7.50. The minimum Gasteiger partial charge on any atom is -0.543 e. The molecule has 216 valence electrons. The number of nitrogens with zero attached hydrogens (tertiary/aromatic N) is 8. The van der Waals surface area contributed by atoms with Gasteiger partial charge in [0.15, 0.2) is 0 Å². The fourth-order valence-corrected chi connectivity index (χ4v) is 5.04. The molecule has 0 bridgehead atoms. The molecule has 2 aromatic rings. The number of rotatable bonds is 8. The van der Waals surface area contributed by atoms with Gasteiger partial charge in [-0.2, -0.15) is 0 Å². The first-order chi connectivity index (χ1) is 19.4. The first-order valence-electron chi connectivity index (χ1n) is 13.6. The standard InChI is InChI=1S/2C13H18N4O3.2Li/c2*18-13(19)11-5-14-6-12(15-11)17-3-1-16(2-4-17)7-10-8-20-9-10;;/h2*5-6,10H,1-4,7-9H2,(H,18,19);;/q;;2*+1/p-2. The molecule has 0 radical (unpaired) electrons. The molecule has 0 unspecified atom stereocenters. The van der Waals surface area contributed by atoms with Gasteiger partial charge < -0.3 is 39.1 Å². The predicted octanol–water partition coefficient (Wildman–Crippen LogP) is -8.78. The molecule has 16 heteroatoms. The molecular formula is C26H34Li2N8O6. The second-order valence-electron chi connectivity index (χ2n) is 10.5. The van der Waals surface area contributed by atoms with Gasteiger partial charge >= 0.3 is 37.7 Å². The van der Waals surface area contributed by atoms with Gasteiger partial charge in [0.2, 0.25) is 0 Å². The molecule has 6 rings (SSSR count). The van der Waals surface area contributed by atoms with Crippen LogP contribution in [0.25, 0.3) is 0 Å². The van der Waals surface area contributed by atoms with E-state index in [9.17, 15) is 19.8 Å². The Morgan fingerprint density at radius 3 is 1.29 bits per heavy atom. The van der Waals surface area contributed by atoms with E-state index in [-0.39, 0.29) is 49.1 Å². The van der Waals surface area contributed by atoms with Crippen LogP contribution in [0, 0.1) is 11.8 Å². The summed E-state index contributed by atoms with van der Waals surface area (Å²) in [6.07, 6.45) is 5.63. The number of carboxylic acids is 2. The van der Waals surface area contributed by atoms with Crippen LogP contribution in [-0.4, -0.2) is 134 Å². The molecule has 0 atom stereocenters. The van der Waals surface area contributed by atoms with Crippen LogP contribution in [-0.2, 0) is 9.47 Å². The average molecular weight is 568 g/mol. The van der Waals surface area contributed by atoms with Crippen molar-refractivity contribution in [2.45, 2.75) is 0 Å². The van der Waals surface area contributed by atoms with E-state index >= 15 is 0 Å². The van der Waals surface area contributed by atoms with Crippen molar-refractivity contribution < 1.29 is 67.0 Å². The van der Waals surface area contributed by atoms with Crippen molar-refractivity contribution >= 4 is 23.6 Å². The summed E-state index contributed by atoms with van der Waals surface area (Å²) >= 11 is 0. The number of carbonyl (C=O) groups excluding carboxylic acids is 2. The monoisotopic (exact) mass is 568 g/mol.